The largest absolute Gasteiger partial charge is 0.586 e. The van der Waals surface area contributed by atoms with Gasteiger partial charge in [-0.3, -0.25) is 4.79 Å². The number of methoxy groups -OCH3 is 1. The first-order chi connectivity index (χ1) is 16.2. The van der Waals surface area contributed by atoms with Gasteiger partial charge in [-0.1, -0.05) is 18.2 Å². The van der Waals surface area contributed by atoms with Crippen LogP contribution in [0.2, 0.25) is 0 Å². The molecule has 5 rings (SSSR count). The number of ether oxygens (including phenoxy) is 4. The summed E-state index contributed by atoms with van der Waals surface area (Å²) >= 11 is 0. The molecule has 2 atom stereocenters. The SMILES string of the molecule is COC(=O)c1ccc([C@@]2(NC(=O)C3(c4ccc5c(c4)OC(F)(F)O5)CC3)CCC[C@@H](C)O2)cc1. The number of hydrogen-bond donors (Lipinski definition) is 1. The highest BCUT2D eigenvalue weighted by Crippen LogP contribution is 2.52. The van der Waals surface area contributed by atoms with Gasteiger partial charge in [0.2, 0.25) is 5.91 Å². The van der Waals surface area contributed by atoms with Crippen LogP contribution in [0, 0.1) is 0 Å². The number of halogens is 2. The fraction of sp³-hybridized carbons (Fsp3) is 0.440. The minimum absolute atomic E-state index is 0.0587. The molecule has 2 aromatic rings. The van der Waals surface area contributed by atoms with Gasteiger partial charge in [-0.25, -0.2) is 4.79 Å². The lowest BCUT2D eigenvalue weighted by atomic mass is 9.89. The van der Waals surface area contributed by atoms with Gasteiger partial charge < -0.3 is 24.3 Å². The van der Waals surface area contributed by atoms with E-state index in [1.807, 2.05) is 6.92 Å². The fourth-order valence-corrected chi connectivity index (χ4v) is 4.79. The quantitative estimate of drug-likeness (QED) is 0.649. The van der Waals surface area contributed by atoms with E-state index < -0.39 is 23.4 Å². The third-order valence-corrected chi connectivity index (χ3v) is 6.77. The molecule has 2 aromatic carbocycles. The van der Waals surface area contributed by atoms with Crippen LogP contribution in [0.3, 0.4) is 0 Å². The third-order valence-electron chi connectivity index (χ3n) is 6.77. The van der Waals surface area contributed by atoms with E-state index in [0.29, 0.717) is 30.4 Å². The van der Waals surface area contributed by atoms with Crippen molar-refractivity contribution < 1.29 is 37.3 Å². The van der Waals surface area contributed by atoms with E-state index in [1.165, 1.54) is 19.2 Å². The van der Waals surface area contributed by atoms with Gasteiger partial charge in [0.1, 0.15) is 0 Å². The second-order valence-electron chi connectivity index (χ2n) is 9.08. The Hall–Kier alpha value is -3.20. The zero-order chi connectivity index (χ0) is 24.1. The van der Waals surface area contributed by atoms with Crippen molar-refractivity contribution in [2.75, 3.05) is 7.11 Å². The molecule has 34 heavy (non-hydrogen) atoms. The zero-order valence-electron chi connectivity index (χ0n) is 18.9. The van der Waals surface area contributed by atoms with Gasteiger partial charge in [-0.15, -0.1) is 8.78 Å². The smallest absolute Gasteiger partial charge is 0.465 e. The monoisotopic (exact) mass is 473 g/mol. The second kappa shape index (κ2) is 7.94. The lowest BCUT2D eigenvalue weighted by Gasteiger charge is -2.42. The fourth-order valence-electron chi connectivity index (χ4n) is 4.79. The summed E-state index contributed by atoms with van der Waals surface area (Å²) in [6.07, 6.45) is -0.400. The van der Waals surface area contributed by atoms with Crippen molar-refractivity contribution in [1.82, 2.24) is 5.32 Å². The predicted molar refractivity (Wildman–Crippen MR) is 116 cm³/mol. The highest BCUT2D eigenvalue weighted by atomic mass is 19.3. The number of carbonyl (C=O) groups excluding carboxylic acids is 2. The molecule has 0 aromatic heterocycles. The number of carbonyl (C=O) groups is 2. The molecule has 0 spiro atoms. The van der Waals surface area contributed by atoms with Crippen LogP contribution in [0.4, 0.5) is 8.78 Å². The van der Waals surface area contributed by atoms with Crippen molar-refractivity contribution in [2.24, 2.45) is 0 Å². The summed E-state index contributed by atoms with van der Waals surface area (Å²) in [6, 6.07) is 11.3. The lowest BCUT2D eigenvalue weighted by molar-refractivity contribution is -0.286. The second-order valence-corrected chi connectivity index (χ2v) is 9.08. The Morgan fingerprint density at radius 2 is 1.68 bits per heavy atom. The summed E-state index contributed by atoms with van der Waals surface area (Å²) in [5.41, 5.74) is -0.222. The number of nitrogens with one attached hydrogen (secondary N) is 1. The highest BCUT2D eigenvalue weighted by Gasteiger charge is 2.55. The summed E-state index contributed by atoms with van der Waals surface area (Å²) in [7, 11) is 1.32. The molecule has 7 nitrogen and oxygen atoms in total. The maximum atomic E-state index is 13.6. The van der Waals surface area contributed by atoms with Gasteiger partial charge in [-0.2, -0.15) is 0 Å². The molecule has 0 unspecified atom stereocenters. The Morgan fingerprint density at radius 3 is 2.32 bits per heavy atom. The molecule has 9 heteroatoms. The van der Waals surface area contributed by atoms with Gasteiger partial charge in [0.25, 0.3) is 0 Å². The first kappa shape index (κ1) is 22.6. The van der Waals surface area contributed by atoms with Crippen molar-refractivity contribution in [2.45, 2.75) is 62.6 Å². The van der Waals surface area contributed by atoms with Crippen molar-refractivity contribution in [1.29, 1.82) is 0 Å². The van der Waals surface area contributed by atoms with Crippen LogP contribution < -0.4 is 14.8 Å². The minimum Gasteiger partial charge on any atom is -0.465 e. The van der Waals surface area contributed by atoms with Gasteiger partial charge in [0.15, 0.2) is 17.2 Å². The normalized spacial score (nSPS) is 25.9. The Kier molecular flexibility index (Phi) is 5.27. The van der Waals surface area contributed by atoms with E-state index >= 15 is 0 Å². The molecular weight excluding hydrogens is 448 g/mol. The minimum atomic E-state index is -3.72. The summed E-state index contributed by atoms with van der Waals surface area (Å²) in [5, 5.41) is 3.13. The molecule has 2 fully saturated rings. The lowest BCUT2D eigenvalue weighted by Crippen LogP contribution is -2.54. The number of hydrogen-bond acceptors (Lipinski definition) is 6. The van der Waals surface area contributed by atoms with Crippen molar-refractivity contribution in [3.05, 3.63) is 59.2 Å². The first-order valence-corrected chi connectivity index (χ1v) is 11.3. The third kappa shape index (κ3) is 3.87. The number of fused-ring (bicyclic) bond motifs is 1. The molecule has 0 bridgehead atoms. The predicted octanol–water partition coefficient (Wildman–Crippen LogP) is 4.38. The van der Waals surface area contributed by atoms with E-state index in [1.54, 1.807) is 30.3 Å². The maximum absolute atomic E-state index is 13.6. The average molecular weight is 473 g/mol. The zero-order valence-corrected chi connectivity index (χ0v) is 18.9. The topological polar surface area (TPSA) is 83.1 Å². The summed E-state index contributed by atoms with van der Waals surface area (Å²) < 4.78 is 47.1. The Labute approximate surface area is 195 Å². The van der Waals surface area contributed by atoms with Crippen LogP contribution in [-0.2, 0) is 25.4 Å². The van der Waals surface area contributed by atoms with Crippen molar-refractivity contribution in [3.63, 3.8) is 0 Å². The molecule has 180 valence electrons. The Balaban J connectivity index is 1.43. The molecule has 2 aliphatic heterocycles. The Morgan fingerprint density at radius 1 is 1.00 bits per heavy atom. The molecule has 1 saturated carbocycles. The molecule has 1 amide bonds. The molecule has 3 aliphatic rings. The molecule has 2 heterocycles. The highest BCUT2D eigenvalue weighted by molar-refractivity contribution is 5.92. The van der Waals surface area contributed by atoms with Crippen LogP contribution in [0.15, 0.2) is 42.5 Å². The Bertz CT molecular complexity index is 1130. The summed E-state index contributed by atoms with van der Waals surface area (Å²) in [5.74, 6) is -0.842. The van der Waals surface area contributed by atoms with Gasteiger partial charge in [-0.05, 0) is 68.9 Å². The number of benzene rings is 2. The van der Waals surface area contributed by atoms with Crippen LogP contribution in [0.5, 0.6) is 11.5 Å². The summed E-state index contributed by atoms with van der Waals surface area (Å²) in [6.45, 7) is 1.95. The summed E-state index contributed by atoms with van der Waals surface area (Å²) in [4.78, 5) is 25.5. The first-order valence-electron chi connectivity index (χ1n) is 11.3. The number of amides is 1. The number of esters is 1. The van der Waals surface area contributed by atoms with E-state index in [-0.39, 0.29) is 23.5 Å². The average Bonchev–Trinajstić information content (AvgIpc) is 3.56. The van der Waals surface area contributed by atoms with E-state index in [9.17, 15) is 18.4 Å². The van der Waals surface area contributed by atoms with Gasteiger partial charge in [0, 0.05) is 5.56 Å². The molecule has 0 radical (unpaired) electrons. The molecule has 1 aliphatic carbocycles. The van der Waals surface area contributed by atoms with Crippen LogP contribution >= 0.6 is 0 Å². The standard InChI is InChI=1S/C25H25F2NO6/c1-15-4-3-11-24(32-15,17-7-5-16(6-8-17)21(29)31-2)28-22(30)23(12-13-23)18-9-10-19-20(14-18)34-25(26,27)33-19/h5-10,14-15H,3-4,11-13H2,1-2H3,(H,28,30)/t15-,24-/m1/s1. The maximum Gasteiger partial charge on any atom is 0.586 e. The van der Waals surface area contributed by atoms with Crippen LogP contribution in [-0.4, -0.2) is 31.4 Å². The molecule has 1 N–H and O–H groups in total. The van der Waals surface area contributed by atoms with Crippen molar-refractivity contribution in [3.8, 4) is 11.5 Å². The van der Waals surface area contributed by atoms with E-state index in [0.717, 1.165) is 18.4 Å². The van der Waals surface area contributed by atoms with E-state index in [2.05, 4.69) is 14.8 Å². The molecule has 1 saturated heterocycles. The number of rotatable bonds is 5. The van der Waals surface area contributed by atoms with Gasteiger partial charge >= 0.3 is 12.3 Å². The van der Waals surface area contributed by atoms with E-state index in [4.69, 9.17) is 9.47 Å². The van der Waals surface area contributed by atoms with Crippen LogP contribution in [0.1, 0.15) is 60.5 Å². The van der Waals surface area contributed by atoms with Crippen molar-refractivity contribution >= 4 is 11.9 Å². The molecular formula is C25H25F2NO6. The van der Waals surface area contributed by atoms with Gasteiger partial charge in [0.05, 0.1) is 24.2 Å². The van der Waals surface area contributed by atoms with Crippen LogP contribution in [0.25, 0.3) is 0 Å². The number of alkyl halides is 2.